The number of hydrogen-bond acceptors (Lipinski definition) is 11. The number of nitrogens with zero attached hydrogens (tertiary/aromatic N) is 4. The summed E-state index contributed by atoms with van der Waals surface area (Å²) in [4.78, 5) is 29.1. The zero-order valence-corrected chi connectivity index (χ0v) is 26.0. The summed E-state index contributed by atoms with van der Waals surface area (Å²) >= 11 is 0. The fourth-order valence-corrected chi connectivity index (χ4v) is 4.84. The fourth-order valence-electron chi connectivity index (χ4n) is 3.91. The predicted molar refractivity (Wildman–Crippen MR) is 173 cm³/mol. The van der Waals surface area contributed by atoms with Crippen molar-refractivity contribution in [3.63, 3.8) is 0 Å². The molecule has 14 heteroatoms. The number of nitrogens with one attached hydrogen (secondary N) is 2. The van der Waals surface area contributed by atoms with Crippen molar-refractivity contribution in [1.82, 2.24) is 19.9 Å². The van der Waals surface area contributed by atoms with Crippen LogP contribution in [0.3, 0.4) is 0 Å². The Morgan fingerprint density at radius 3 is 2.32 bits per heavy atom. The molecule has 0 saturated carbocycles. The SMILES string of the molecule is COc1ccccc1Oc1c(NS(=O)(=O)c2ccc(C)cn2)nc(-c2ccncc2)nc1OCC#CCOC(=O)Nc1ccccc1. The van der Waals surface area contributed by atoms with Gasteiger partial charge in [-0.1, -0.05) is 48.2 Å². The predicted octanol–water partition coefficient (Wildman–Crippen LogP) is 5.47. The standard InChI is InChI=1S/C33H28N6O7S/c1-23-14-15-28(35-22-23)47(41,42)39-31-29(46-27-13-7-6-12-26(27)43-2)32(38-30(37-31)24-16-18-34-19-17-24)44-20-8-9-21-45-33(40)36-25-10-4-3-5-11-25/h3-7,10-19,22H,20-21H2,1-2H3,(H,36,40)(H,37,38,39). The van der Waals surface area contributed by atoms with Gasteiger partial charge in [0, 0.05) is 29.8 Å². The minimum Gasteiger partial charge on any atom is -0.493 e. The molecule has 0 aliphatic rings. The maximum absolute atomic E-state index is 13.5. The van der Waals surface area contributed by atoms with Gasteiger partial charge in [0.1, 0.15) is 0 Å². The van der Waals surface area contributed by atoms with E-state index < -0.39 is 16.1 Å². The van der Waals surface area contributed by atoms with Gasteiger partial charge in [-0.2, -0.15) is 13.4 Å². The molecule has 0 aliphatic carbocycles. The van der Waals surface area contributed by atoms with Crippen molar-refractivity contribution in [3.8, 4) is 46.4 Å². The van der Waals surface area contributed by atoms with E-state index in [1.54, 1.807) is 73.7 Å². The second kappa shape index (κ2) is 15.2. The van der Waals surface area contributed by atoms with Crippen molar-refractivity contribution in [3.05, 3.63) is 103 Å². The molecule has 2 aromatic carbocycles. The summed E-state index contributed by atoms with van der Waals surface area (Å²) in [6.07, 6.45) is 3.85. The van der Waals surface area contributed by atoms with Gasteiger partial charge in [-0.15, -0.1) is 0 Å². The zero-order chi connectivity index (χ0) is 33.1. The van der Waals surface area contributed by atoms with Crippen LogP contribution in [0.15, 0.2) is 102 Å². The third-order valence-electron chi connectivity index (χ3n) is 6.15. The molecular weight excluding hydrogens is 624 g/mol. The molecule has 0 fully saturated rings. The molecule has 13 nitrogen and oxygen atoms in total. The molecule has 0 unspecified atom stereocenters. The molecule has 1 amide bonds. The number of benzene rings is 2. The number of hydrogen-bond donors (Lipinski definition) is 2. The molecule has 5 rings (SSSR count). The van der Waals surface area contributed by atoms with Gasteiger partial charge in [0.05, 0.1) is 7.11 Å². The Morgan fingerprint density at radius 1 is 0.872 bits per heavy atom. The highest BCUT2D eigenvalue weighted by atomic mass is 32.2. The lowest BCUT2D eigenvalue weighted by atomic mass is 10.2. The summed E-state index contributed by atoms with van der Waals surface area (Å²) in [6, 6.07) is 21.9. The molecule has 47 heavy (non-hydrogen) atoms. The van der Waals surface area contributed by atoms with E-state index in [1.807, 2.05) is 6.07 Å². The Labute approximate surface area is 271 Å². The summed E-state index contributed by atoms with van der Waals surface area (Å²) < 4.78 is 52.0. The topological polar surface area (TPSA) is 164 Å². The maximum atomic E-state index is 13.5. The van der Waals surface area contributed by atoms with E-state index in [0.717, 1.165) is 5.56 Å². The van der Waals surface area contributed by atoms with Crippen LogP contribution in [0, 0.1) is 18.8 Å². The first-order chi connectivity index (χ1) is 22.8. The van der Waals surface area contributed by atoms with Gasteiger partial charge < -0.3 is 18.9 Å². The maximum Gasteiger partial charge on any atom is 0.412 e. The van der Waals surface area contributed by atoms with E-state index in [2.05, 4.69) is 41.8 Å². The number of ether oxygens (including phenoxy) is 4. The summed E-state index contributed by atoms with van der Waals surface area (Å²) in [7, 11) is -2.79. The number of para-hydroxylation sites is 3. The number of rotatable bonds is 11. The zero-order valence-electron chi connectivity index (χ0n) is 25.2. The van der Waals surface area contributed by atoms with E-state index in [9.17, 15) is 13.2 Å². The van der Waals surface area contributed by atoms with Gasteiger partial charge in [-0.25, -0.2) is 14.8 Å². The largest absolute Gasteiger partial charge is 0.493 e. The number of pyridine rings is 2. The van der Waals surface area contributed by atoms with Crippen molar-refractivity contribution in [1.29, 1.82) is 0 Å². The molecule has 0 radical (unpaired) electrons. The van der Waals surface area contributed by atoms with Crippen molar-refractivity contribution < 1.29 is 32.2 Å². The van der Waals surface area contributed by atoms with Crippen LogP contribution < -0.4 is 24.2 Å². The van der Waals surface area contributed by atoms with Gasteiger partial charge in [0.15, 0.2) is 41.4 Å². The van der Waals surface area contributed by atoms with Crippen LogP contribution in [0.2, 0.25) is 0 Å². The lowest BCUT2D eigenvalue weighted by molar-refractivity contribution is 0.176. The van der Waals surface area contributed by atoms with E-state index in [4.69, 9.17) is 18.9 Å². The summed E-state index contributed by atoms with van der Waals surface area (Å²) in [5, 5.41) is 2.35. The van der Waals surface area contributed by atoms with Crippen molar-refractivity contribution >= 4 is 27.6 Å². The molecule has 3 aromatic heterocycles. The molecule has 5 aromatic rings. The van der Waals surface area contributed by atoms with Gasteiger partial charge in [-0.3, -0.25) is 15.0 Å². The normalized spacial score (nSPS) is 10.6. The average Bonchev–Trinajstić information content (AvgIpc) is 3.08. The number of amides is 1. The van der Waals surface area contributed by atoms with Crippen LogP contribution in [0.1, 0.15) is 5.56 Å². The molecular formula is C33H28N6O7S. The lowest BCUT2D eigenvalue weighted by Crippen LogP contribution is -2.17. The average molecular weight is 653 g/mol. The van der Waals surface area contributed by atoms with Crippen LogP contribution in [0.5, 0.6) is 23.1 Å². The summed E-state index contributed by atoms with van der Waals surface area (Å²) in [5.41, 5.74) is 1.88. The number of aryl methyl sites for hydroxylation is 1. The Hall–Kier alpha value is -6.20. The molecule has 0 saturated heterocycles. The van der Waals surface area contributed by atoms with Gasteiger partial charge in [0.25, 0.3) is 15.9 Å². The number of anilines is 2. The molecule has 3 heterocycles. The molecule has 0 aliphatic heterocycles. The molecule has 0 bridgehead atoms. The summed E-state index contributed by atoms with van der Waals surface area (Å²) in [5.74, 6) is 5.61. The van der Waals surface area contributed by atoms with Crippen LogP contribution in [-0.4, -0.2) is 54.8 Å². The van der Waals surface area contributed by atoms with Crippen LogP contribution in [0.4, 0.5) is 16.3 Å². The van der Waals surface area contributed by atoms with Crippen molar-refractivity contribution in [2.45, 2.75) is 11.9 Å². The van der Waals surface area contributed by atoms with E-state index >= 15 is 0 Å². The number of carbonyl (C=O) groups is 1. The number of aromatic nitrogens is 4. The van der Waals surface area contributed by atoms with Gasteiger partial charge in [0.2, 0.25) is 5.75 Å². The Balaban J connectivity index is 1.46. The third-order valence-corrected chi connectivity index (χ3v) is 7.40. The number of methoxy groups -OCH3 is 1. The third kappa shape index (κ3) is 8.71. The highest BCUT2D eigenvalue weighted by Crippen LogP contribution is 2.41. The quantitative estimate of drug-likeness (QED) is 0.174. The number of sulfonamides is 1. The lowest BCUT2D eigenvalue weighted by Gasteiger charge is -2.17. The van der Waals surface area contributed by atoms with Gasteiger partial charge >= 0.3 is 6.09 Å². The Bertz CT molecular complexity index is 2000. The van der Waals surface area contributed by atoms with Crippen LogP contribution >= 0.6 is 0 Å². The highest BCUT2D eigenvalue weighted by Gasteiger charge is 2.26. The van der Waals surface area contributed by atoms with Crippen LogP contribution in [0.25, 0.3) is 11.4 Å². The van der Waals surface area contributed by atoms with Gasteiger partial charge in [-0.05, 0) is 55.0 Å². The second-order valence-electron chi connectivity index (χ2n) is 9.51. The fraction of sp³-hybridized carbons (Fsp3) is 0.121. The molecule has 0 spiro atoms. The van der Waals surface area contributed by atoms with Crippen LogP contribution in [-0.2, 0) is 14.8 Å². The summed E-state index contributed by atoms with van der Waals surface area (Å²) in [6.45, 7) is 1.34. The highest BCUT2D eigenvalue weighted by molar-refractivity contribution is 7.92. The molecule has 2 N–H and O–H groups in total. The second-order valence-corrected chi connectivity index (χ2v) is 11.1. The first-order valence-corrected chi connectivity index (χ1v) is 15.5. The first-order valence-electron chi connectivity index (χ1n) is 14.0. The number of carbonyl (C=O) groups excluding carboxylic acids is 1. The van der Waals surface area contributed by atoms with E-state index in [-0.39, 0.29) is 47.3 Å². The van der Waals surface area contributed by atoms with Crippen molar-refractivity contribution in [2.75, 3.05) is 30.4 Å². The minimum absolute atomic E-state index is 0.109. The van der Waals surface area contributed by atoms with E-state index in [0.29, 0.717) is 17.0 Å². The minimum atomic E-state index is -4.25. The Kier molecular flexibility index (Phi) is 10.4. The first kappa shape index (κ1) is 32.2. The van der Waals surface area contributed by atoms with Crippen molar-refractivity contribution in [2.24, 2.45) is 0 Å². The monoisotopic (exact) mass is 652 g/mol. The molecule has 0 atom stereocenters. The van der Waals surface area contributed by atoms with E-state index in [1.165, 1.54) is 31.8 Å². The molecule has 238 valence electrons. The smallest absolute Gasteiger partial charge is 0.412 e. The Morgan fingerprint density at radius 2 is 1.60 bits per heavy atom.